The average Bonchev–Trinajstić information content (AvgIpc) is 2.36. The van der Waals surface area contributed by atoms with Crippen molar-refractivity contribution in [3.8, 4) is 0 Å². The molecule has 1 aliphatic rings. The molecule has 1 heterocycles. The van der Waals surface area contributed by atoms with Crippen LogP contribution in [0.4, 0.5) is 0 Å². The number of unbranched alkanes of at least 4 members (excludes halogenated alkanes) is 1. The van der Waals surface area contributed by atoms with E-state index in [4.69, 9.17) is 0 Å². The van der Waals surface area contributed by atoms with E-state index in [-0.39, 0.29) is 17.5 Å². The van der Waals surface area contributed by atoms with Crippen LogP contribution in [0.15, 0.2) is 0 Å². The second-order valence-corrected chi connectivity index (χ2v) is 9.00. The highest BCUT2D eigenvalue weighted by Crippen LogP contribution is 2.15. The molecule has 0 aromatic rings. The molecule has 114 valence electrons. The molecule has 0 aromatic heterocycles. The maximum Gasteiger partial charge on any atom is 0.213 e. The van der Waals surface area contributed by atoms with E-state index in [1.165, 1.54) is 4.31 Å². The van der Waals surface area contributed by atoms with Crippen LogP contribution in [0.2, 0.25) is 0 Å². The fourth-order valence-corrected chi connectivity index (χ4v) is 4.74. The topological polar surface area (TPSA) is 83.6 Å². The van der Waals surface area contributed by atoms with Crippen molar-refractivity contribution >= 4 is 20.0 Å². The van der Waals surface area contributed by atoms with Gasteiger partial charge in [-0.2, -0.15) is 0 Å². The van der Waals surface area contributed by atoms with Gasteiger partial charge in [0.05, 0.1) is 11.5 Å². The van der Waals surface area contributed by atoms with Crippen molar-refractivity contribution in [1.82, 2.24) is 9.03 Å². The maximum atomic E-state index is 11.7. The van der Waals surface area contributed by atoms with Gasteiger partial charge in [-0.05, 0) is 26.2 Å². The summed E-state index contributed by atoms with van der Waals surface area (Å²) < 4.78 is 51.0. The molecule has 0 spiro atoms. The molecular weight excluding hydrogens is 288 g/mol. The Labute approximate surface area is 116 Å². The second-order valence-electron chi connectivity index (χ2n) is 4.86. The van der Waals surface area contributed by atoms with E-state index in [0.717, 1.165) is 6.42 Å². The predicted octanol–water partition coefficient (Wildman–Crippen LogP) is 0.520. The minimum Gasteiger partial charge on any atom is -0.212 e. The lowest BCUT2D eigenvalue weighted by atomic mass is 10.1. The van der Waals surface area contributed by atoms with Gasteiger partial charge < -0.3 is 0 Å². The monoisotopic (exact) mass is 312 g/mol. The molecule has 8 heteroatoms. The molecule has 0 saturated carbocycles. The Morgan fingerprint density at radius 3 is 2.16 bits per heavy atom. The minimum atomic E-state index is -3.22. The first-order valence-electron chi connectivity index (χ1n) is 6.78. The Balaban J connectivity index is 2.47. The Hall–Kier alpha value is -0.180. The number of hydrogen-bond acceptors (Lipinski definition) is 4. The van der Waals surface area contributed by atoms with Crippen LogP contribution < -0.4 is 4.72 Å². The predicted molar refractivity (Wildman–Crippen MR) is 75.9 cm³/mol. The zero-order chi connectivity index (χ0) is 14.5. The molecule has 6 nitrogen and oxygen atoms in total. The number of nitrogens with zero attached hydrogens (tertiary/aromatic N) is 1. The van der Waals surface area contributed by atoms with E-state index >= 15 is 0 Å². The van der Waals surface area contributed by atoms with E-state index < -0.39 is 20.0 Å². The highest BCUT2D eigenvalue weighted by molar-refractivity contribution is 7.89. The van der Waals surface area contributed by atoms with E-state index in [0.29, 0.717) is 32.4 Å². The molecule has 19 heavy (non-hydrogen) atoms. The summed E-state index contributed by atoms with van der Waals surface area (Å²) >= 11 is 0. The van der Waals surface area contributed by atoms with E-state index in [9.17, 15) is 16.8 Å². The van der Waals surface area contributed by atoms with Crippen molar-refractivity contribution in [2.24, 2.45) is 0 Å². The first kappa shape index (κ1) is 16.9. The zero-order valence-corrected chi connectivity index (χ0v) is 13.3. The molecule has 0 unspecified atom stereocenters. The standard InChI is InChI=1S/C11H24N2O4S2/c1-3-5-10-18(14,15)12-11-6-8-13(9-7-11)19(16,17)4-2/h11-12H,3-10H2,1-2H3. The Morgan fingerprint density at radius 2 is 1.68 bits per heavy atom. The van der Waals surface area contributed by atoms with Gasteiger partial charge in [-0.3, -0.25) is 0 Å². The van der Waals surface area contributed by atoms with Crippen molar-refractivity contribution in [3.63, 3.8) is 0 Å². The molecule has 0 aromatic carbocycles. The third kappa shape index (κ3) is 5.37. The number of hydrogen-bond donors (Lipinski definition) is 1. The summed E-state index contributed by atoms with van der Waals surface area (Å²) in [5.41, 5.74) is 0. The van der Waals surface area contributed by atoms with Crippen LogP contribution in [0.3, 0.4) is 0 Å². The Bertz CT molecular complexity index is 465. The van der Waals surface area contributed by atoms with Crippen LogP contribution in [-0.4, -0.2) is 51.8 Å². The largest absolute Gasteiger partial charge is 0.213 e. The highest BCUT2D eigenvalue weighted by atomic mass is 32.2. The van der Waals surface area contributed by atoms with Crippen molar-refractivity contribution in [1.29, 1.82) is 0 Å². The summed E-state index contributed by atoms with van der Waals surface area (Å²) in [4.78, 5) is 0. The van der Waals surface area contributed by atoms with Crippen LogP contribution in [0.1, 0.15) is 39.5 Å². The quantitative estimate of drug-likeness (QED) is 0.743. The number of sulfonamides is 2. The molecule has 1 aliphatic heterocycles. The second kappa shape index (κ2) is 7.01. The lowest BCUT2D eigenvalue weighted by Crippen LogP contribution is -2.47. The molecule has 1 rings (SSSR count). The Kier molecular flexibility index (Phi) is 6.22. The van der Waals surface area contributed by atoms with Crippen molar-refractivity contribution in [2.45, 2.75) is 45.6 Å². The zero-order valence-electron chi connectivity index (χ0n) is 11.6. The van der Waals surface area contributed by atoms with Crippen molar-refractivity contribution < 1.29 is 16.8 Å². The third-order valence-corrected chi connectivity index (χ3v) is 6.73. The van der Waals surface area contributed by atoms with Gasteiger partial charge in [-0.25, -0.2) is 25.9 Å². The molecule has 1 saturated heterocycles. The molecule has 0 amide bonds. The van der Waals surface area contributed by atoms with Gasteiger partial charge in [0, 0.05) is 19.1 Å². The highest BCUT2D eigenvalue weighted by Gasteiger charge is 2.28. The van der Waals surface area contributed by atoms with Crippen molar-refractivity contribution in [3.05, 3.63) is 0 Å². The first-order chi connectivity index (χ1) is 8.80. The van der Waals surface area contributed by atoms with Crippen LogP contribution in [-0.2, 0) is 20.0 Å². The normalized spacial score (nSPS) is 19.7. The van der Waals surface area contributed by atoms with Gasteiger partial charge in [0.15, 0.2) is 0 Å². The Morgan fingerprint density at radius 1 is 1.11 bits per heavy atom. The van der Waals surface area contributed by atoms with E-state index in [2.05, 4.69) is 4.72 Å². The van der Waals surface area contributed by atoms with Crippen LogP contribution in [0.25, 0.3) is 0 Å². The summed E-state index contributed by atoms with van der Waals surface area (Å²) in [5.74, 6) is 0.247. The fraction of sp³-hybridized carbons (Fsp3) is 1.00. The third-order valence-electron chi connectivity index (χ3n) is 3.32. The lowest BCUT2D eigenvalue weighted by Gasteiger charge is -2.31. The van der Waals surface area contributed by atoms with Gasteiger partial charge in [-0.1, -0.05) is 13.3 Å². The van der Waals surface area contributed by atoms with Gasteiger partial charge in [0.1, 0.15) is 0 Å². The summed E-state index contributed by atoms with van der Waals surface area (Å²) in [6, 6.07) is -0.134. The molecular formula is C11H24N2O4S2. The number of nitrogens with one attached hydrogen (secondary N) is 1. The summed E-state index contributed by atoms with van der Waals surface area (Å²) in [5, 5.41) is 0. The lowest BCUT2D eigenvalue weighted by molar-refractivity contribution is 0.309. The molecule has 0 atom stereocenters. The van der Waals surface area contributed by atoms with Gasteiger partial charge in [0.25, 0.3) is 0 Å². The van der Waals surface area contributed by atoms with Gasteiger partial charge in [0.2, 0.25) is 20.0 Å². The minimum absolute atomic E-state index is 0.0971. The molecule has 0 radical (unpaired) electrons. The number of rotatable bonds is 7. The molecule has 0 bridgehead atoms. The van der Waals surface area contributed by atoms with Crippen LogP contribution >= 0.6 is 0 Å². The van der Waals surface area contributed by atoms with E-state index in [1.807, 2.05) is 6.92 Å². The summed E-state index contributed by atoms with van der Waals surface area (Å²) in [7, 11) is -6.37. The fourth-order valence-electron chi connectivity index (χ4n) is 2.08. The van der Waals surface area contributed by atoms with Crippen LogP contribution in [0.5, 0.6) is 0 Å². The maximum absolute atomic E-state index is 11.7. The SMILES string of the molecule is CCCCS(=O)(=O)NC1CCN(S(=O)(=O)CC)CC1. The smallest absolute Gasteiger partial charge is 0.212 e. The average molecular weight is 312 g/mol. The van der Waals surface area contributed by atoms with Gasteiger partial charge >= 0.3 is 0 Å². The summed E-state index contributed by atoms with van der Waals surface area (Å²) in [6.45, 7) is 4.37. The van der Waals surface area contributed by atoms with E-state index in [1.54, 1.807) is 6.92 Å². The van der Waals surface area contributed by atoms with Crippen molar-refractivity contribution in [2.75, 3.05) is 24.6 Å². The molecule has 1 fully saturated rings. The van der Waals surface area contributed by atoms with Crippen LogP contribution in [0, 0.1) is 0 Å². The molecule has 0 aliphatic carbocycles. The number of piperidine rings is 1. The molecule has 1 N–H and O–H groups in total. The first-order valence-corrected chi connectivity index (χ1v) is 10.0. The van der Waals surface area contributed by atoms with Gasteiger partial charge in [-0.15, -0.1) is 0 Å². The summed E-state index contributed by atoms with van der Waals surface area (Å²) in [6.07, 6.45) is 2.58.